The molecule has 0 aliphatic carbocycles. The summed E-state index contributed by atoms with van der Waals surface area (Å²) in [5, 5.41) is 0. The fourth-order valence-corrected chi connectivity index (χ4v) is 1.72. The zero-order valence-corrected chi connectivity index (χ0v) is 12.8. The summed E-state index contributed by atoms with van der Waals surface area (Å²) in [5.41, 5.74) is 2.12. The topological polar surface area (TPSA) is 52.6 Å². The molecule has 0 fully saturated rings. The summed E-state index contributed by atoms with van der Waals surface area (Å²) >= 11 is 0. The molecule has 0 spiro atoms. The predicted molar refractivity (Wildman–Crippen MR) is 82.8 cm³/mol. The van der Waals surface area contributed by atoms with Crippen LogP contribution in [0.25, 0.3) is 0 Å². The van der Waals surface area contributed by atoms with Gasteiger partial charge in [-0.2, -0.15) is 0 Å². The van der Waals surface area contributed by atoms with E-state index in [-0.39, 0.29) is 0 Å². The Bertz CT molecular complexity index is 597. The molecule has 114 valence electrons. The van der Waals surface area contributed by atoms with Crippen LogP contribution in [0, 0.1) is 19.8 Å². The molecule has 2 aromatic rings. The Morgan fingerprint density at radius 1 is 0.727 bits per heavy atom. The zero-order chi connectivity index (χ0) is 16.1. The van der Waals surface area contributed by atoms with Gasteiger partial charge in [0.15, 0.2) is 5.92 Å². The molecule has 2 aromatic carbocycles. The van der Waals surface area contributed by atoms with Gasteiger partial charge in [-0.15, -0.1) is 0 Å². The van der Waals surface area contributed by atoms with Gasteiger partial charge in [0.05, 0.1) is 0 Å². The van der Waals surface area contributed by atoms with Gasteiger partial charge in [-0.05, 0) is 45.0 Å². The Hall–Kier alpha value is -2.62. The Balaban J connectivity index is 1.95. The number of aryl methyl sites for hydroxylation is 2. The maximum atomic E-state index is 12.0. The highest BCUT2D eigenvalue weighted by Crippen LogP contribution is 2.16. The standard InChI is InChI=1S/C18H18O4/c1-12-4-8-15(9-5-12)21-17(19)14(3)18(20)22-16-10-6-13(2)7-11-16/h4-11,14H,1-3H3. The van der Waals surface area contributed by atoms with Crippen LogP contribution in [0.1, 0.15) is 18.1 Å². The first-order chi connectivity index (χ1) is 10.5. The first-order valence-electron chi connectivity index (χ1n) is 7.02. The van der Waals surface area contributed by atoms with E-state index >= 15 is 0 Å². The van der Waals surface area contributed by atoms with E-state index in [4.69, 9.17) is 9.47 Å². The summed E-state index contributed by atoms with van der Waals surface area (Å²) in [6.07, 6.45) is 0. The molecule has 0 unspecified atom stereocenters. The van der Waals surface area contributed by atoms with Gasteiger partial charge in [0.25, 0.3) is 0 Å². The molecule has 0 saturated heterocycles. The quantitative estimate of drug-likeness (QED) is 0.493. The summed E-state index contributed by atoms with van der Waals surface area (Å²) in [5.74, 6) is -1.46. The van der Waals surface area contributed by atoms with E-state index in [1.807, 2.05) is 38.1 Å². The monoisotopic (exact) mass is 298 g/mol. The van der Waals surface area contributed by atoms with Crippen molar-refractivity contribution in [2.45, 2.75) is 20.8 Å². The molecule has 2 rings (SSSR count). The number of esters is 2. The van der Waals surface area contributed by atoms with Crippen molar-refractivity contribution in [1.29, 1.82) is 0 Å². The van der Waals surface area contributed by atoms with Gasteiger partial charge in [-0.3, -0.25) is 9.59 Å². The second kappa shape index (κ2) is 6.89. The number of hydrogen-bond donors (Lipinski definition) is 0. The largest absolute Gasteiger partial charge is 0.426 e. The van der Waals surface area contributed by atoms with Crippen LogP contribution in [0.15, 0.2) is 48.5 Å². The van der Waals surface area contributed by atoms with Crippen molar-refractivity contribution in [3.8, 4) is 11.5 Å². The average Bonchev–Trinajstić information content (AvgIpc) is 2.51. The summed E-state index contributed by atoms with van der Waals surface area (Å²) < 4.78 is 10.3. The van der Waals surface area contributed by atoms with Gasteiger partial charge in [0, 0.05) is 0 Å². The molecule has 0 heterocycles. The number of hydrogen-bond acceptors (Lipinski definition) is 4. The molecule has 22 heavy (non-hydrogen) atoms. The predicted octanol–water partition coefficient (Wildman–Crippen LogP) is 3.45. The van der Waals surface area contributed by atoms with Crippen molar-refractivity contribution in [3.05, 3.63) is 59.7 Å². The number of carbonyl (C=O) groups is 2. The summed E-state index contributed by atoms with van der Waals surface area (Å²) in [6.45, 7) is 5.34. The van der Waals surface area contributed by atoms with Gasteiger partial charge >= 0.3 is 11.9 Å². The molecule has 0 aliphatic heterocycles. The Labute approximate surface area is 129 Å². The lowest BCUT2D eigenvalue weighted by Crippen LogP contribution is -2.29. The second-order valence-corrected chi connectivity index (χ2v) is 5.19. The minimum atomic E-state index is -0.998. The van der Waals surface area contributed by atoms with E-state index in [1.54, 1.807) is 24.3 Å². The number of benzene rings is 2. The van der Waals surface area contributed by atoms with Crippen molar-refractivity contribution >= 4 is 11.9 Å². The van der Waals surface area contributed by atoms with Crippen LogP contribution in [0.2, 0.25) is 0 Å². The van der Waals surface area contributed by atoms with Crippen molar-refractivity contribution in [2.24, 2.45) is 5.92 Å². The van der Waals surface area contributed by atoms with E-state index in [9.17, 15) is 9.59 Å². The molecule has 4 nitrogen and oxygen atoms in total. The number of ether oxygens (including phenoxy) is 2. The minimum absolute atomic E-state index is 0.408. The van der Waals surface area contributed by atoms with Gasteiger partial charge in [-0.1, -0.05) is 35.4 Å². The maximum absolute atomic E-state index is 12.0. The third-order valence-corrected chi connectivity index (χ3v) is 3.19. The zero-order valence-electron chi connectivity index (χ0n) is 12.8. The van der Waals surface area contributed by atoms with Crippen LogP contribution >= 0.6 is 0 Å². The smallest absolute Gasteiger partial charge is 0.325 e. The summed E-state index contributed by atoms with van der Waals surface area (Å²) in [6, 6.07) is 14.1. The third kappa shape index (κ3) is 4.19. The van der Waals surface area contributed by atoms with Gasteiger partial charge in [0.2, 0.25) is 0 Å². The molecule has 0 radical (unpaired) electrons. The van der Waals surface area contributed by atoms with Crippen LogP contribution in [0.5, 0.6) is 11.5 Å². The fraction of sp³-hybridized carbons (Fsp3) is 0.222. The van der Waals surface area contributed by atoms with E-state index in [0.717, 1.165) is 11.1 Å². The summed E-state index contributed by atoms with van der Waals surface area (Å²) in [4.78, 5) is 23.9. The van der Waals surface area contributed by atoms with Crippen molar-refractivity contribution in [2.75, 3.05) is 0 Å². The first-order valence-corrected chi connectivity index (χ1v) is 7.02. The van der Waals surface area contributed by atoms with Crippen molar-refractivity contribution in [3.63, 3.8) is 0 Å². The van der Waals surface area contributed by atoms with Crippen LogP contribution in [0.4, 0.5) is 0 Å². The summed E-state index contributed by atoms with van der Waals surface area (Å²) in [7, 11) is 0. The highest BCUT2D eigenvalue weighted by molar-refractivity contribution is 5.96. The normalized spacial score (nSPS) is 10.4. The minimum Gasteiger partial charge on any atom is -0.426 e. The molecule has 0 atom stereocenters. The third-order valence-electron chi connectivity index (χ3n) is 3.19. The highest BCUT2D eigenvalue weighted by Gasteiger charge is 2.25. The van der Waals surface area contributed by atoms with Crippen LogP contribution in [-0.4, -0.2) is 11.9 Å². The number of rotatable bonds is 4. The van der Waals surface area contributed by atoms with E-state index in [1.165, 1.54) is 6.92 Å². The molecule has 0 saturated carbocycles. The van der Waals surface area contributed by atoms with Crippen molar-refractivity contribution < 1.29 is 19.1 Å². The van der Waals surface area contributed by atoms with Crippen LogP contribution in [0.3, 0.4) is 0 Å². The lowest BCUT2D eigenvalue weighted by molar-refractivity contribution is -0.150. The fourth-order valence-electron chi connectivity index (χ4n) is 1.72. The molecule has 4 heteroatoms. The Morgan fingerprint density at radius 2 is 1.05 bits per heavy atom. The lowest BCUT2D eigenvalue weighted by Gasteiger charge is -2.11. The molecular formula is C18H18O4. The molecule has 0 N–H and O–H groups in total. The molecule has 0 amide bonds. The van der Waals surface area contributed by atoms with Gasteiger partial charge < -0.3 is 9.47 Å². The Kier molecular flexibility index (Phi) is 4.94. The molecule has 0 aromatic heterocycles. The first kappa shape index (κ1) is 15.8. The lowest BCUT2D eigenvalue weighted by atomic mass is 10.2. The van der Waals surface area contributed by atoms with Crippen molar-refractivity contribution in [1.82, 2.24) is 0 Å². The Morgan fingerprint density at radius 3 is 1.36 bits per heavy atom. The van der Waals surface area contributed by atoms with E-state index < -0.39 is 17.9 Å². The van der Waals surface area contributed by atoms with Gasteiger partial charge in [-0.25, -0.2) is 0 Å². The molecule has 0 bridgehead atoms. The van der Waals surface area contributed by atoms with E-state index in [2.05, 4.69) is 0 Å². The highest BCUT2D eigenvalue weighted by atomic mass is 16.6. The molecule has 0 aliphatic rings. The van der Waals surface area contributed by atoms with Gasteiger partial charge in [0.1, 0.15) is 11.5 Å². The van der Waals surface area contributed by atoms with E-state index in [0.29, 0.717) is 11.5 Å². The average molecular weight is 298 g/mol. The second-order valence-electron chi connectivity index (χ2n) is 5.19. The van der Waals surface area contributed by atoms with Crippen LogP contribution in [-0.2, 0) is 9.59 Å². The SMILES string of the molecule is Cc1ccc(OC(=O)C(C)C(=O)Oc2ccc(C)cc2)cc1. The van der Waals surface area contributed by atoms with Crippen LogP contribution < -0.4 is 9.47 Å². The molecular weight excluding hydrogens is 280 g/mol. The maximum Gasteiger partial charge on any atom is 0.325 e. The number of carbonyl (C=O) groups excluding carboxylic acids is 2.